The van der Waals surface area contributed by atoms with E-state index in [2.05, 4.69) is 10.3 Å². The number of ether oxygens (including phenoxy) is 1. The first kappa shape index (κ1) is 19.2. The zero-order valence-electron chi connectivity index (χ0n) is 15.1. The van der Waals surface area contributed by atoms with Crippen LogP contribution in [0.4, 0.5) is 8.78 Å². The number of carbonyl (C=O) groups is 1. The average molecular weight is 380 g/mol. The highest BCUT2D eigenvalue weighted by atomic mass is 19.1. The summed E-state index contributed by atoms with van der Waals surface area (Å²) >= 11 is 0. The summed E-state index contributed by atoms with van der Waals surface area (Å²) in [7, 11) is 0. The quantitative estimate of drug-likeness (QED) is 0.610. The number of pyridine rings is 1. The smallest absolute Gasteiger partial charge is 0.244 e. The van der Waals surface area contributed by atoms with Crippen molar-refractivity contribution < 1.29 is 18.3 Å². The fourth-order valence-electron chi connectivity index (χ4n) is 2.52. The van der Waals surface area contributed by atoms with Gasteiger partial charge in [-0.15, -0.1) is 0 Å². The molecule has 1 amide bonds. The highest BCUT2D eigenvalue weighted by Crippen LogP contribution is 2.23. The lowest BCUT2D eigenvalue weighted by atomic mass is 10.1. The first-order chi connectivity index (χ1) is 13.5. The molecule has 0 aliphatic rings. The molecule has 0 bridgehead atoms. The Balaban J connectivity index is 1.63. The van der Waals surface area contributed by atoms with Gasteiger partial charge in [0.25, 0.3) is 0 Å². The van der Waals surface area contributed by atoms with Gasteiger partial charge in [-0.25, -0.2) is 13.8 Å². The highest BCUT2D eigenvalue weighted by Gasteiger charge is 2.09. The van der Waals surface area contributed by atoms with Gasteiger partial charge in [-0.1, -0.05) is 18.2 Å². The largest absolute Gasteiger partial charge is 0.439 e. The second-order valence-electron chi connectivity index (χ2n) is 6.07. The Labute approximate surface area is 161 Å². The SMILES string of the molecule is CC(NC(=O)/C=C/c1ccc(F)cc1F)c1cccc(Oc2ccccn2)c1. The van der Waals surface area contributed by atoms with E-state index in [-0.39, 0.29) is 11.6 Å². The second kappa shape index (κ2) is 8.90. The Kier molecular flexibility index (Phi) is 6.11. The number of nitrogens with zero attached hydrogens (tertiary/aromatic N) is 1. The van der Waals surface area contributed by atoms with Crippen LogP contribution in [0.15, 0.2) is 72.9 Å². The van der Waals surface area contributed by atoms with E-state index >= 15 is 0 Å². The summed E-state index contributed by atoms with van der Waals surface area (Å²) in [5.41, 5.74) is 0.970. The van der Waals surface area contributed by atoms with E-state index in [0.717, 1.165) is 17.7 Å². The van der Waals surface area contributed by atoms with Crippen LogP contribution in [0.3, 0.4) is 0 Å². The molecule has 1 atom stereocenters. The molecule has 1 N–H and O–H groups in total. The van der Waals surface area contributed by atoms with Crippen LogP contribution >= 0.6 is 0 Å². The van der Waals surface area contributed by atoms with Gasteiger partial charge in [0.2, 0.25) is 11.8 Å². The van der Waals surface area contributed by atoms with E-state index in [4.69, 9.17) is 4.74 Å². The van der Waals surface area contributed by atoms with Crippen LogP contribution in [-0.2, 0) is 4.79 Å². The lowest BCUT2D eigenvalue weighted by molar-refractivity contribution is -0.117. The Morgan fingerprint density at radius 1 is 1.11 bits per heavy atom. The van der Waals surface area contributed by atoms with Crippen molar-refractivity contribution in [3.63, 3.8) is 0 Å². The molecule has 0 aliphatic carbocycles. The molecule has 0 saturated carbocycles. The first-order valence-corrected chi connectivity index (χ1v) is 8.64. The molecule has 6 heteroatoms. The molecule has 1 unspecified atom stereocenters. The van der Waals surface area contributed by atoms with Crippen molar-refractivity contribution in [1.82, 2.24) is 10.3 Å². The molecule has 142 valence electrons. The van der Waals surface area contributed by atoms with Crippen LogP contribution in [0.1, 0.15) is 24.1 Å². The van der Waals surface area contributed by atoms with Crippen molar-refractivity contribution in [3.8, 4) is 11.6 Å². The third kappa shape index (κ3) is 5.23. The maximum absolute atomic E-state index is 13.6. The van der Waals surface area contributed by atoms with E-state index in [0.29, 0.717) is 11.6 Å². The molecule has 3 aromatic rings. The molecular formula is C22H18F2N2O2. The molecule has 0 spiro atoms. The van der Waals surface area contributed by atoms with E-state index in [1.165, 1.54) is 18.2 Å². The van der Waals surface area contributed by atoms with Gasteiger partial charge >= 0.3 is 0 Å². The van der Waals surface area contributed by atoms with E-state index in [9.17, 15) is 13.6 Å². The van der Waals surface area contributed by atoms with Crippen LogP contribution in [0.25, 0.3) is 6.08 Å². The second-order valence-corrected chi connectivity index (χ2v) is 6.07. The molecule has 4 nitrogen and oxygen atoms in total. The topological polar surface area (TPSA) is 51.2 Å². The van der Waals surface area contributed by atoms with Gasteiger partial charge in [-0.2, -0.15) is 0 Å². The summed E-state index contributed by atoms with van der Waals surface area (Å²) in [5, 5.41) is 2.79. The van der Waals surface area contributed by atoms with Gasteiger partial charge in [-0.05, 0) is 48.9 Å². The van der Waals surface area contributed by atoms with Crippen molar-refractivity contribution >= 4 is 12.0 Å². The zero-order chi connectivity index (χ0) is 19.9. The van der Waals surface area contributed by atoms with Gasteiger partial charge in [-0.3, -0.25) is 4.79 Å². The minimum atomic E-state index is -0.725. The number of benzene rings is 2. The lowest BCUT2D eigenvalue weighted by Crippen LogP contribution is -2.24. The molecule has 1 aromatic heterocycles. The summed E-state index contributed by atoms with van der Waals surface area (Å²) in [4.78, 5) is 16.2. The Bertz CT molecular complexity index is 991. The molecule has 28 heavy (non-hydrogen) atoms. The summed E-state index contributed by atoms with van der Waals surface area (Å²) in [6.07, 6.45) is 4.15. The third-order valence-corrected chi connectivity index (χ3v) is 3.95. The Hall–Kier alpha value is -3.54. The lowest BCUT2D eigenvalue weighted by Gasteiger charge is -2.14. The average Bonchev–Trinajstić information content (AvgIpc) is 2.68. The number of nitrogens with one attached hydrogen (secondary N) is 1. The van der Waals surface area contributed by atoms with E-state index in [1.807, 2.05) is 31.2 Å². The molecule has 3 rings (SSSR count). The number of hydrogen-bond donors (Lipinski definition) is 1. The van der Waals surface area contributed by atoms with Gasteiger partial charge in [0, 0.05) is 30.0 Å². The number of halogens is 2. The minimum Gasteiger partial charge on any atom is -0.439 e. The van der Waals surface area contributed by atoms with Crippen LogP contribution in [-0.4, -0.2) is 10.9 Å². The van der Waals surface area contributed by atoms with E-state index in [1.54, 1.807) is 24.4 Å². The summed E-state index contributed by atoms with van der Waals surface area (Å²) in [5.74, 6) is -0.717. The number of carbonyl (C=O) groups excluding carboxylic acids is 1. The maximum Gasteiger partial charge on any atom is 0.244 e. The van der Waals surface area contributed by atoms with Crippen molar-refractivity contribution in [3.05, 3.63) is 95.7 Å². The molecular weight excluding hydrogens is 362 g/mol. The maximum atomic E-state index is 13.6. The summed E-state index contributed by atoms with van der Waals surface area (Å²) in [6, 6.07) is 15.5. The van der Waals surface area contributed by atoms with Crippen molar-refractivity contribution in [1.29, 1.82) is 0 Å². The minimum absolute atomic E-state index is 0.134. The molecule has 0 saturated heterocycles. The van der Waals surface area contributed by atoms with Crippen molar-refractivity contribution in [2.75, 3.05) is 0 Å². The predicted molar refractivity (Wildman–Crippen MR) is 103 cm³/mol. The highest BCUT2D eigenvalue weighted by molar-refractivity contribution is 5.92. The Morgan fingerprint density at radius 3 is 2.71 bits per heavy atom. The standard InChI is InChI=1S/C22H18F2N2O2/c1-15(26-21(27)11-9-16-8-10-18(23)14-20(16)24)17-5-4-6-19(13-17)28-22-7-2-3-12-25-22/h2-15H,1H3,(H,26,27)/b11-9+. The monoisotopic (exact) mass is 380 g/mol. The molecule has 2 aromatic carbocycles. The number of amides is 1. The first-order valence-electron chi connectivity index (χ1n) is 8.64. The molecule has 0 radical (unpaired) electrons. The fourth-order valence-corrected chi connectivity index (χ4v) is 2.52. The number of rotatable bonds is 6. The molecule has 1 heterocycles. The van der Waals surface area contributed by atoms with Crippen LogP contribution in [0.5, 0.6) is 11.6 Å². The fraction of sp³-hybridized carbons (Fsp3) is 0.0909. The van der Waals surface area contributed by atoms with Gasteiger partial charge in [0.05, 0.1) is 6.04 Å². The third-order valence-electron chi connectivity index (χ3n) is 3.95. The zero-order valence-corrected chi connectivity index (χ0v) is 15.1. The van der Waals surface area contributed by atoms with Crippen molar-refractivity contribution in [2.45, 2.75) is 13.0 Å². The van der Waals surface area contributed by atoms with Crippen LogP contribution in [0.2, 0.25) is 0 Å². The van der Waals surface area contributed by atoms with E-state index < -0.39 is 17.5 Å². The van der Waals surface area contributed by atoms with Gasteiger partial charge in [0.15, 0.2) is 0 Å². The predicted octanol–water partition coefficient (Wildman–Crippen LogP) is 5.04. The number of hydrogen-bond acceptors (Lipinski definition) is 3. The number of aromatic nitrogens is 1. The summed E-state index contributed by atoms with van der Waals surface area (Å²) < 4.78 is 32.2. The Morgan fingerprint density at radius 2 is 1.96 bits per heavy atom. The normalized spacial score (nSPS) is 12.0. The molecule has 0 aliphatic heterocycles. The molecule has 0 fully saturated rings. The van der Waals surface area contributed by atoms with Crippen LogP contribution in [0, 0.1) is 11.6 Å². The van der Waals surface area contributed by atoms with Gasteiger partial charge < -0.3 is 10.1 Å². The summed E-state index contributed by atoms with van der Waals surface area (Å²) in [6.45, 7) is 1.82. The van der Waals surface area contributed by atoms with Crippen LogP contribution < -0.4 is 10.1 Å². The van der Waals surface area contributed by atoms with Crippen molar-refractivity contribution in [2.24, 2.45) is 0 Å². The van der Waals surface area contributed by atoms with Gasteiger partial charge in [0.1, 0.15) is 17.4 Å².